The molecule has 1 aromatic heterocycles. The first-order valence-corrected chi connectivity index (χ1v) is 6.10. The van der Waals surface area contributed by atoms with Crippen LogP contribution in [0, 0.1) is 6.92 Å². The molecular weight excluding hydrogens is 202 g/mol. The highest BCUT2D eigenvalue weighted by Gasteiger charge is 2.28. The minimum absolute atomic E-state index is 0.560. The summed E-state index contributed by atoms with van der Waals surface area (Å²) in [6, 6.07) is 4.31. The number of nitrogens with one attached hydrogen (secondary N) is 1. The van der Waals surface area contributed by atoms with E-state index in [1.807, 2.05) is 19.1 Å². The molecule has 0 bridgehead atoms. The third-order valence-electron chi connectivity index (χ3n) is 3.36. The highest BCUT2D eigenvalue weighted by Crippen LogP contribution is 2.24. The van der Waals surface area contributed by atoms with Crippen molar-refractivity contribution in [2.24, 2.45) is 0 Å². The van der Waals surface area contributed by atoms with E-state index in [9.17, 15) is 5.11 Å². The van der Waals surface area contributed by atoms with E-state index in [2.05, 4.69) is 5.32 Å². The summed E-state index contributed by atoms with van der Waals surface area (Å²) in [5.74, 6) is 1.49. The standard InChI is InChI=1S/C13H21NO2/c1-10-7-8-12(16-10)13(2,15)9-14-11-5-3-4-6-11/h7-8,11,14-15H,3-6,9H2,1-2H3. The monoisotopic (exact) mass is 223 g/mol. The lowest BCUT2D eigenvalue weighted by atomic mass is 10.0. The molecule has 3 nitrogen and oxygen atoms in total. The van der Waals surface area contributed by atoms with E-state index in [4.69, 9.17) is 4.42 Å². The molecule has 0 radical (unpaired) electrons. The summed E-state index contributed by atoms with van der Waals surface area (Å²) in [6.45, 7) is 4.25. The molecule has 1 heterocycles. The van der Waals surface area contributed by atoms with Crippen LogP contribution < -0.4 is 5.32 Å². The van der Waals surface area contributed by atoms with Crippen LogP contribution in [0.5, 0.6) is 0 Å². The molecule has 2 rings (SSSR count). The highest BCUT2D eigenvalue weighted by molar-refractivity contribution is 5.12. The van der Waals surface area contributed by atoms with Crippen molar-refractivity contribution in [3.63, 3.8) is 0 Å². The molecule has 1 atom stereocenters. The summed E-state index contributed by atoms with van der Waals surface area (Å²) in [5.41, 5.74) is -0.906. The lowest BCUT2D eigenvalue weighted by Gasteiger charge is -2.23. The molecule has 0 amide bonds. The Labute approximate surface area is 96.8 Å². The lowest BCUT2D eigenvalue weighted by Crippen LogP contribution is -2.39. The number of aryl methyl sites for hydroxylation is 1. The number of hydrogen-bond acceptors (Lipinski definition) is 3. The van der Waals surface area contributed by atoms with Crippen LogP contribution in [-0.2, 0) is 5.60 Å². The summed E-state index contributed by atoms with van der Waals surface area (Å²) in [6.07, 6.45) is 5.07. The van der Waals surface area contributed by atoms with Gasteiger partial charge in [0, 0.05) is 12.6 Å². The maximum Gasteiger partial charge on any atom is 0.136 e. The van der Waals surface area contributed by atoms with E-state index in [1.165, 1.54) is 25.7 Å². The largest absolute Gasteiger partial charge is 0.463 e. The van der Waals surface area contributed by atoms with E-state index >= 15 is 0 Å². The molecule has 0 spiro atoms. The Hall–Kier alpha value is -0.800. The van der Waals surface area contributed by atoms with Gasteiger partial charge in [-0.05, 0) is 38.8 Å². The molecule has 1 unspecified atom stereocenters. The van der Waals surface area contributed by atoms with E-state index in [-0.39, 0.29) is 0 Å². The molecule has 1 aromatic rings. The minimum Gasteiger partial charge on any atom is -0.463 e. The van der Waals surface area contributed by atoms with Gasteiger partial charge in [0.25, 0.3) is 0 Å². The fraction of sp³-hybridized carbons (Fsp3) is 0.692. The van der Waals surface area contributed by atoms with Crippen molar-refractivity contribution >= 4 is 0 Å². The molecule has 3 heteroatoms. The van der Waals surface area contributed by atoms with Gasteiger partial charge in [-0.25, -0.2) is 0 Å². The average Bonchev–Trinajstić information content (AvgIpc) is 2.85. The maximum atomic E-state index is 10.3. The fourth-order valence-electron chi connectivity index (χ4n) is 2.28. The van der Waals surface area contributed by atoms with Gasteiger partial charge in [-0.3, -0.25) is 0 Å². The van der Waals surface area contributed by atoms with Crippen molar-refractivity contribution in [3.05, 3.63) is 23.7 Å². The van der Waals surface area contributed by atoms with Gasteiger partial charge >= 0.3 is 0 Å². The van der Waals surface area contributed by atoms with E-state index in [0.717, 1.165) is 5.76 Å². The summed E-state index contributed by atoms with van der Waals surface area (Å²) in [7, 11) is 0. The van der Waals surface area contributed by atoms with Crippen LogP contribution in [0.4, 0.5) is 0 Å². The quantitative estimate of drug-likeness (QED) is 0.823. The number of hydrogen-bond donors (Lipinski definition) is 2. The van der Waals surface area contributed by atoms with Crippen LogP contribution in [-0.4, -0.2) is 17.7 Å². The first kappa shape index (κ1) is 11.7. The first-order valence-electron chi connectivity index (χ1n) is 6.10. The van der Waals surface area contributed by atoms with Gasteiger partial charge in [0.2, 0.25) is 0 Å². The zero-order chi connectivity index (χ0) is 11.6. The number of furan rings is 1. The Morgan fingerprint density at radius 2 is 2.12 bits per heavy atom. The predicted molar refractivity (Wildman–Crippen MR) is 63.3 cm³/mol. The van der Waals surface area contributed by atoms with Crippen molar-refractivity contribution in [2.75, 3.05) is 6.54 Å². The van der Waals surface area contributed by atoms with E-state index in [1.54, 1.807) is 6.92 Å². The molecule has 1 fully saturated rings. The zero-order valence-corrected chi connectivity index (χ0v) is 10.1. The van der Waals surface area contributed by atoms with Crippen LogP contribution in [0.1, 0.15) is 44.1 Å². The van der Waals surface area contributed by atoms with Crippen molar-refractivity contribution in [2.45, 2.75) is 51.2 Å². The van der Waals surface area contributed by atoms with Gasteiger partial charge in [0.1, 0.15) is 17.1 Å². The van der Waals surface area contributed by atoms with Crippen LogP contribution in [0.25, 0.3) is 0 Å². The van der Waals surface area contributed by atoms with Gasteiger partial charge in [0.15, 0.2) is 0 Å². The Morgan fingerprint density at radius 3 is 2.69 bits per heavy atom. The molecule has 1 aliphatic carbocycles. The second-order valence-corrected chi connectivity index (χ2v) is 5.05. The van der Waals surface area contributed by atoms with Crippen molar-refractivity contribution in [1.82, 2.24) is 5.32 Å². The number of rotatable bonds is 4. The Kier molecular flexibility index (Phi) is 3.36. The molecular formula is C13H21NO2. The smallest absolute Gasteiger partial charge is 0.136 e. The minimum atomic E-state index is -0.906. The fourth-order valence-corrected chi connectivity index (χ4v) is 2.28. The van der Waals surface area contributed by atoms with Gasteiger partial charge in [-0.1, -0.05) is 12.8 Å². The molecule has 1 saturated carbocycles. The molecule has 0 aliphatic heterocycles. The topological polar surface area (TPSA) is 45.4 Å². The van der Waals surface area contributed by atoms with Gasteiger partial charge < -0.3 is 14.8 Å². The van der Waals surface area contributed by atoms with Crippen LogP contribution in [0.2, 0.25) is 0 Å². The van der Waals surface area contributed by atoms with Gasteiger partial charge in [-0.15, -0.1) is 0 Å². The third kappa shape index (κ3) is 2.66. The molecule has 0 saturated heterocycles. The lowest BCUT2D eigenvalue weighted by molar-refractivity contribution is 0.0310. The molecule has 1 aliphatic rings. The maximum absolute atomic E-state index is 10.3. The molecule has 16 heavy (non-hydrogen) atoms. The SMILES string of the molecule is Cc1ccc(C(C)(O)CNC2CCCC2)o1. The van der Waals surface area contributed by atoms with E-state index < -0.39 is 5.60 Å². The van der Waals surface area contributed by atoms with E-state index in [0.29, 0.717) is 18.3 Å². The Bertz CT molecular complexity index is 337. The second kappa shape index (κ2) is 4.60. The van der Waals surface area contributed by atoms with Crippen molar-refractivity contribution < 1.29 is 9.52 Å². The van der Waals surface area contributed by atoms with Crippen molar-refractivity contribution in [3.8, 4) is 0 Å². The normalized spacial score (nSPS) is 21.2. The first-order chi connectivity index (χ1) is 7.58. The van der Waals surface area contributed by atoms with Gasteiger partial charge in [0.05, 0.1) is 0 Å². The average molecular weight is 223 g/mol. The summed E-state index contributed by atoms with van der Waals surface area (Å²) < 4.78 is 5.47. The van der Waals surface area contributed by atoms with Gasteiger partial charge in [-0.2, -0.15) is 0 Å². The van der Waals surface area contributed by atoms with Crippen LogP contribution >= 0.6 is 0 Å². The number of aliphatic hydroxyl groups is 1. The third-order valence-corrected chi connectivity index (χ3v) is 3.36. The highest BCUT2D eigenvalue weighted by atomic mass is 16.4. The van der Waals surface area contributed by atoms with Crippen LogP contribution in [0.15, 0.2) is 16.5 Å². The summed E-state index contributed by atoms with van der Waals surface area (Å²) in [5, 5.41) is 13.7. The van der Waals surface area contributed by atoms with Crippen molar-refractivity contribution in [1.29, 1.82) is 0 Å². The Morgan fingerprint density at radius 1 is 1.44 bits per heavy atom. The zero-order valence-electron chi connectivity index (χ0n) is 10.1. The summed E-state index contributed by atoms with van der Waals surface area (Å²) in [4.78, 5) is 0. The second-order valence-electron chi connectivity index (χ2n) is 5.05. The Balaban J connectivity index is 1.91. The summed E-state index contributed by atoms with van der Waals surface area (Å²) >= 11 is 0. The van der Waals surface area contributed by atoms with Crippen LogP contribution in [0.3, 0.4) is 0 Å². The molecule has 90 valence electrons. The predicted octanol–water partition coefficient (Wildman–Crippen LogP) is 2.33. The molecule has 0 aromatic carbocycles. The molecule has 2 N–H and O–H groups in total.